The third-order valence-electron chi connectivity index (χ3n) is 2.34. The van der Waals surface area contributed by atoms with Gasteiger partial charge in [0.05, 0.1) is 6.42 Å². The molecule has 0 saturated carbocycles. The molecule has 0 saturated heterocycles. The zero-order valence-electron chi connectivity index (χ0n) is 11.3. The molecule has 0 aliphatic carbocycles. The maximum atomic E-state index is 11.8. The summed E-state index contributed by atoms with van der Waals surface area (Å²) in [7, 11) is 3.22. The molecule has 0 spiro atoms. The molecule has 0 heterocycles. The van der Waals surface area contributed by atoms with Gasteiger partial charge in [0.2, 0.25) is 5.91 Å². The largest absolute Gasteiger partial charge is 0.481 e. The number of aliphatic carboxylic acids is 1. The smallest absolute Gasteiger partial charge is 0.318 e. The first kappa shape index (κ1) is 16.2. The molecule has 18 heavy (non-hydrogen) atoms. The molecule has 3 amide bonds. The van der Waals surface area contributed by atoms with Gasteiger partial charge in [-0.25, -0.2) is 4.79 Å². The van der Waals surface area contributed by atoms with Crippen LogP contribution in [0.25, 0.3) is 0 Å². The van der Waals surface area contributed by atoms with Crippen molar-refractivity contribution in [2.24, 2.45) is 0 Å². The molecule has 0 aromatic heterocycles. The highest BCUT2D eigenvalue weighted by Gasteiger charge is 2.18. The Morgan fingerprint density at radius 1 is 1.28 bits per heavy atom. The lowest BCUT2D eigenvalue weighted by Crippen LogP contribution is -2.48. The molecule has 0 bridgehead atoms. The van der Waals surface area contributed by atoms with E-state index in [1.807, 2.05) is 0 Å². The first-order valence-electron chi connectivity index (χ1n) is 5.75. The van der Waals surface area contributed by atoms with E-state index >= 15 is 0 Å². The number of carbonyl (C=O) groups excluding carboxylic acids is 2. The first-order valence-corrected chi connectivity index (χ1v) is 5.75. The Hall–Kier alpha value is -1.79. The number of likely N-dealkylation sites (N-methyl/N-ethyl adjacent to an activating group) is 2. The van der Waals surface area contributed by atoms with Crippen LogP contribution in [0.1, 0.15) is 20.3 Å². The van der Waals surface area contributed by atoms with Crippen molar-refractivity contribution in [2.45, 2.75) is 26.3 Å². The summed E-state index contributed by atoms with van der Waals surface area (Å²) in [4.78, 5) is 36.5. The van der Waals surface area contributed by atoms with Crippen molar-refractivity contribution in [1.82, 2.24) is 15.1 Å². The molecular formula is C11H21N3O4. The minimum Gasteiger partial charge on any atom is -0.481 e. The lowest BCUT2D eigenvalue weighted by molar-refractivity contribution is -0.137. The van der Waals surface area contributed by atoms with Gasteiger partial charge in [0.1, 0.15) is 6.54 Å². The summed E-state index contributed by atoms with van der Waals surface area (Å²) in [5, 5.41) is 11.1. The van der Waals surface area contributed by atoms with Gasteiger partial charge < -0.3 is 20.2 Å². The van der Waals surface area contributed by atoms with Gasteiger partial charge in [0.15, 0.2) is 0 Å². The Balaban J connectivity index is 4.35. The summed E-state index contributed by atoms with van der Waals surface area (Å²) < 4.78 is 0. The molecule has 0 fully saturated rings. The van der Waals surface area contributed by atoms with E-state index < -0.39 is 18.0 Å². The number of rotatable bonds is 6. The van der Waals surface area contributed by atoms with Crippen LogP contribution in [-0.2, 0) is 9.59 Å². The van der Waals surface area contributed by atoms with Gasteiger partial charge in [0.25, 0.3) is 0 Å². The molecule has 7 nitrogen and oxygen atoms in total. The van der Waals surface area contributed by atoms with Crippen LogP contribution < -0.4 is 5.32 Å². The van der Waals surface area contributed by atoms with Crippen LogP contribution in [-0.4, -0.2) is 66.0 Å². The van der Waals surface area contributed by atoms with E-state index in [2.05, 4.69) is 5.32 Å². The Morgan fingerprint density at radius 3 is 2.22 bits per heavy atom. The zero-order valence-corrected chi connectivity index (χ0v) is 11.3. The van der Waals surface area contributed by atoms with Crippen molar-refractivity contribution < 1.29 is 19.5 Å². The van der Waals surface area contributed by atoms with Gasteiger partial charge >= 0.3 is 12.0 Å². The Morgan fingerprint density at radius 2 is 1.83 bits per heavy atom. The third-order valence-corrected chi connectivity index (χ3v) is 2.34. The molecule has 7 heteroatoms. The maximum Gasteiger partial charge on any atom is 0.318 e. The molecule has 104 valence electrons. The summed E-state index contributed by atoms with van der Waals surface area (Å²) in [5.74, 6) is -1.16. The second-order valence-corrected chi connectivity index (χ2v) is 4.25. The Labute approximate surface area is 107 Å². The lowest BCUT2D eigenvalue weighted by Gasteiger charge is -2.24. The monoisotopic (exact) mass is 259 g/mol. The van der Waals surface area contributed by atoms with Crippen LogP contribution in [0.5, 0.6) is 0 Å². The topological polar surface area (TPSA) is 90.0 Å². The van der Waals surface area contributed by atoms with Crippen molar-refractivity contribution in [3.63, 3.8) is 0 Å². The predicted molar refractivity (Wildman–Crippen MR) is 66.2 cm³/mol. The van der Waals surface area contributed by atoms with Crippen LogP contribution >= 0.6 is 0 Å². The molecule has 0 aromatic rings. The average molecular weight is 259 g/mol. The highest BCUT2D eigenvalue weighted by atomic mass is 16.4. The molecule has 0 aliphatic heterocycles. The third kappa shape index (κ3) is 6.07. The van der Waals surface area contributed by atoms with Crippen LogP contribution in [0, 0.1) is 0 Å². The number of nitrogens with one attached hydrogen (secondary N) is 1. The summed E-state index contributed by atoms with van der Waals surface area (Å²) in [5.41, 5.74) is 0. The number of hydrogen-bond acceptors (Lipinski definition) is 3. The fourth-order valence-corrected chi connectivity index (χ4v) is 1.25. The van der Waals surface area contributed by atoms with Crippen molar-refractivity contribution in [2.75, 3.05) is 27.2 Å². The predicted octanol–water partition coefficient (Wildman–Crippen LogP) is -0.0307. The number of hydrogen-bond donors (Lipinski definition) is 2. The minimum atomic E-state index is -0.977. The Kier molecular flexibility index (Phi) is 6.77. The first-order chi connectivity index (χ1) is 8.27. The van der Waals surface area contributed by atoms with Gasteiger partial charge in [-0.05, 0) is 13.8 Å². The fraction of sp³-hybridized carbons (Fsp3) is 0.727. The van der Waals surface area contributed by atoms with Crippen LogP contribution in [0.3, 0.4) is 0 Å². The van der Waals surface area contributed by atoms with E-state index in [-0.39, 0.29) is 18.9 Å². The fourth-order valence-electron chi connectivity index (χ4n) is 1.25. The SMILES string of the molecule is CCN(CC(=O)N(C)C)C(=O)NC(C)CC(=O)O. The highest BCUT2D eigenvalue weighted by Crippen LogP contribution is 1.96. The Bertz CT molecular complexity index is 317. The van der Waals surface area contributed by atoms with E-state index in [1.54, 1.807) is 27.9 Å². The summed E-state index contributed by atoms with van der Waals surface area (Å²) in [6.45, 7) is 3.72. The lowest BCUT2D eigenvalue weighted by atomic mass is 10.2. The van der Waals surface area contributed by atoms with E-state index in [9.17, 15) is 14.4 Å². The molecule has 0 radical (unpaired) electrons. The van der Waals surface area contributed by atoms with Gasteiger partial charge in [-0.2, -0.15) is 0 Å². The second-order valence-electron chi connectivity index (χ2n) is 4.25. The van der Waals surface area contributed by atoms with Crippen molar-refractivity contribution >= 4 is 17.9 Å². The molecule has 1 atom stereocenters. The van der Waals surface area contributed by atoms with Gasteiger partial charge in [-0.15, -0.1) is 0 Å². The number of amides is 3. The van der Waals surface area contributed by atoms with Gasteiger partial charge in [-0.1, -0.05) is 0 Å². The standard InChI is InChI=1S/C11H21N3O4/c1-5-14(7-9(15)13(3)4)11(18)12-8(2)6-10(16)17/h8H,5-7H2,1-4H3,(H,12,18)(H,16,17). The van der Waals surface area contributed by atoms with Crippen molar-refractivity contribution in [1.29, 1.82) is 0 Å². The van der Waals surface area contributed by atoms with E-state index in [4.69, 9.17) is 5.11 Å². The van der Waals surface area contributed by atoms with E-state index in [1.165, 1.54) is 9.80 Å². The van der Waals surface area contributed by atoms with Gasteiger partial charge in [0, 0.05) is 26.7 Å². The number of carbonyl (C=O) groups is 3. The molecule has 0 aliphatic rings. The van der Waals surface area contributed by atoms with Crippen LogP contribution in [0.15, 0.2) is 0 Å². The summed E-state index contributed by atoms with van der Waals surface area (Å²) >= 11 is 0. The maximum absolute atomic E-state index is 11.8. The average Bonchev–Trinajstić information content (AvgIpc) is 2.23. The van der Waals surface area contributed by atoms with Gasteiger partial charge in [-0.3, -0.25) is 9.59 Å². The van der Waals surface area contributed by atoms with Crippen LogP contribution in [0.2, 0.25) is 0 Å². The zero-order chi connectivity index (χ0) is 14.3. The highest BCUT2D eigenvalue weighted by molar-refractivity contribution is 5.84. The number of carboxylic acid groups (broad SMARTS) is 1. The van der Waals surface area contributed by atoms with Crippen LogP contribution in [0.4, 0.5) is 4.79 Å². The molecule has 1 unspecified atom stereocenters. The number of nitrogens with zero attached hydrogens (tertiary/aromatic N) is 2. The van der Waals surface area contributed by atoms with E-state index in [0.717, 1.165) is 0 Å². The molecule has 0 aromatic carbocycles. The normalized spacial score (nSPS) is 11.6. The van der Waals surface area contributed by atoms with E-state index in [0.29, 0.717) is 6.54 Å². The minimum absolute atomic E-state index is 0.0187. The summed E-state index contributed by atoms with van der Waals surface area (Å²) in [6, 6.07) is -0.903. The molecule has 0 rings (SSSR count). The molecular weight excluding hydrogens is 238 g/mol. The summed E-state index contributed by atoms with van der Waals surface area (Å²) in [6.07, 6.45) is -0.148. The van der Waals surface area contributed by atoms with Crippen molar-refractivity contribution in [3.05, 3.63) is 0 Å². The molecule has 2 N–H and O–H groups in total. The van der Waals surface area contributed by atoms with Crippen molar-refractivity contribution in [3.8, 4) is 0 Å². The number of urea groups is 1. The second kappa shape index (κ2) is 7.52. The number of carboxylic acids is 1. The quantitative estimate of drug-likeness (QED) is 0.701.